The van der Waals surface area contributed by atoms with E-state index in [1.165, 1.54) is 14.2 Å². The van der Waals surface area contributed by atoms with Crippen LogP contribution in [0.3, 0.4) is 0 Å². The third-order valence-electron chi connectivity index (χ3n) is 7.64. The molecule has 4 aliphatic rings. The summed E-state index contributed by atoms with van der Waals surface area (Å²) >= 11 is 0. The molecule has 0 amide bonds. The molecule has 150 valence electrons. The number of ether oxygens (including phenoxy) is 2. The number of ketones is 4. The van der Waals surface area contributed by atoms with Crippen LogP contribution in [0.25, 0.3) is 0 Å². The van der Waals surface area contributed by atoms with Gasteiger partial charge in [0.05, 0.1) is 36.2 Å². The van der Waals surface area contributed by atoms with Crippen LogP contribution >= 0.6 is 0 Å². The molecule has 0 N–H and O–H groups in total. The predicted octanol–water partition coefficient (Wildman–Crippen LogP) is 3.17. The molecule has 4 unspecified atom stereocenters. The average Bonchev–Trinajstić information content (AvgIpc) is 3.67. The molecule has 6 heteroatoms. The standard InChI is InChI=1S/C24H18O6/c1-29-15-7-3-5-11-17(15)19(25)13-9-23(13,21(11)27)24-10-14(24)20(26)18-12(22(24)28)6-4-8-16(18)30-2/h3-8,13-14H,9-10H2,1-2H3. The zero-order chi connectivity index (χ0) is 21.0. The molecule has 0 heterocycles. The first-order valence-corrected chi connectivity index (χ1v) is 9.96. The Bertz CT molecular complexity index is 1130. The van der Waals surface area contributed by atoms with Crippen LogP contribution in [0.1, 0.15) is 54.3 Å². The fourth-order valence-electron chi connectivity index (χ4n) is 6.17. The van der Waals surface area contributed by atoms with Gasteiger partial charge in [0, 0.05) is 23.0 Å². The summed E-state index contributed by atoms with van der Waals surface area (Å²) in [6, 6.07) is 9.92. The van der Waals surface area contributed by atoms with Crippen LogP contribution < -0.4 is 9.47 Å². The minimum Gasteiger partial charge on any atom is -0.496 e. The molecule has 2 aromatic rings. The van der Waals surface area contributed by atoms with Gasteiger partial charge in [0.25, 0.3) is 0 Å². The molecule has 6 nitrogen and oxygen atoms in total. The number of hydrogen-bond acceptors (Lipinski definition) is 6. The van der Waals surface area contributed by atoms with Crippen molar-refractivity contribution in [2.75, 3.05) is 14.2 Å². The SMILES string of the molecule is COc1cccc2c1C(=O)C1CC1(C13CC1C(=O)c1c(OC)cccc1C3=O)C2=O. The van der Waals surface area contributed by atoms with Crippen LogP contribution in [0, 0.1) is 22.7 Å². The maximum absolute atomic E-state index is 13.7. The van der Waals surface area contributed by atoms with Gasteiger partial charge < -0.3 is 9.47 Å². The highest BCUT2D eigenvalue weighted by atomic mass is 16.5. The van der Waals surface area contributed by atoms with Gasteiger partial charge in [-0.15, -0.1) is 0 Å². The Morgan fingerprint density at radius 3 is 1.47 bits per heavy atom. The van der Waals surface area contributed by atoms with Crippen molar-refractivity contribution in [2.45, 2.75) is 12.8 Å². The van der Waals surface area contributed by atoms with Crippen molar-refractivity contribution in [2.24, 2.45) is 22.7 Å². The van der Waals surface area contributed by atoms with E-state index in [0.29, 0.717) is 46.6 Å². The number of carbonyl (C=O) groups excluding carboxylic acids is 4. The van der Waals surface area contributed by atoms with E-state index in [9.17, 15) is 19.2 Å². The molecule has 4 aliphatic carbocycles. The lowest BCUT2D eigenvalue weighted by molar-refractivity contribution is 0.0597. The lowest BCUT2D eigenvalue weighted by Gasteiger charge is -2.33. The minimum absolute atomic E-state index is 0.168. The highest BCUT2D eigenvalue weighted by molar-refractivity contribution is 6.29. The second-order valence-corrected chi connectivity index (χ2v) is 8.61. The second kappa shape index (κ2) is 5.25. The van der Waals surface area contributed by atoms with E-state index in [1.54, 1.807) is 36.4 Å². The van der Waals surface area contributed by atoms with Crippen LogP contribution in [0.2, 0.25) is 0 Å². The molecular weight excluding hydrogens is 384 g/mol. The number of rotatable bonds is 3. The monoisotopic (exact) mass is 402 g/mol. The fraction of sp³-hybridized carbons (Fsp3) is 0.333. The Morgan fingerprint density at radius 1 is 0.700 bits per heavy atom. The van der Waals surface area contributed by atoms with Gasteiger partial charge in [-0.25, -0.2) is 0 Å². The summed E-state index contributed by atoms with van der Waals surface area (Å²) in [4.78, 5) is 54.0. The number of carbonyl (C=O) groups is 4. The molecular formula is C24H18O6. The summed E-state index contributed by atoms with van der Waals surface area (Å²) in [5, 5.41) is 0. The van der Waals surface area contributed by atoms with Gasteiger partial charge in [0.15, 0.2) is 23.1 Å². The summed E-state index contributed by atoms with van der Waals surface area (Å²) in [6.07, 6.45) is 0.606. The normalized spacial score (nSPS) is 32.6. The molecule has 4 atom stereocenters. The quantitative estimate of drug-likeness (QED) is 0.784. The van der Waals surface area contributed by atoms with Gasteiger partial charge in [-0.3, -0.25) is 19.2 Å². The van der Waals surface area contributed by atoms with Gasteiger partial charge >= 0.3 is 0 Å². The van der Waals surface area contributed by atoms with Gasteiger partial charge in [-0.2, -0.15) is 0 Å². The van der Waals surface area contributed by atoms with Crippen molar-refractivity contribution < 1.29 is 28.7 Å². The van der Waals surface area contributed by atoms with Gasteiger partial charge in [0.1, 0.15) is 11.5 Å². The summed E-state index contributed by atoms with van der Waals surface area (Å²) in [5.41, 5.74) is -1.06. The molecule has 2 fully saturated rings. The van der Waals surface area contributed by atoms with Crippen LogP contribution in [0.5, 0.6) is 11.5 Å². The number of methoxy groups -OCH3 is 2. The van der Waals surface area contributed by atoms with Crippen molar-refractivity contribution in [3.05, 3.63) is 58.7 Å². The summed E-state index contributed by atoms with van der Waals surface area (Å²) in [6.45, 7) is 0. The smallest absolute Gasteiger partial charge is 0.171 e. The first-order valence-electron chi connectivity index (χ1n) is 9.96. The minimum atomic E-state index is -1.12. The molecule has 0 radical (unpaired) electrons. The Kier molecular flexibility index (Phi) is 3.07. The van der Waals surface area contributed by atoms with Gasteiger partial charge in [0.2, 0.25) is 0 Å². The topological polar surface area (TPSA) is 86.7 Å². The van der Waals surface area contributed by atoms with Crippen molar-refractivity contribution in [3.63, 3.8) is 0 Å². The summed E-state index contributed by atoms with van der Waals surface area (Å²) < 4.78 is 10.6. The zero-order valence-corrected chi connectivity index (χ0v) is 16.5. The Morgan fingerprint density at radius 2 is 1.10 bits per heavy atom. The molecule has 30 heavy (non-hydrogen) atoms. The highest BCUT2D eigenvalue weighted by Crippen LogP contribution is 2.80. The van der Waals surface area contributed by atoms with E-state index in [0.717, 1.165) is 0 Å². The number of benzene rings is 2. The van der Waals surface area contributed by atoms with E-state index in [4.69, 9.17) is 9.47 Å². The number of fused-ring (bicyclic) bond motifs is 5. The van der Waals surface area contributed by atoms with Crippen LogP contribution in [-0.2, 0) is 0 Å². The van der Waals surface area contributed by atoms with Crippen LogP contribution in [0.4, 0.5) is 0 Å². The van der Waals surface area contributed by atoms with Crippen molar-refractivity contribution >= 4 is 23.1 Å². The van der Waals surface area contributed by atoms with E-state index in [1.807, 2.05) is 0 Å². The predicted molar refractivity (Wildman–Crippen MR) is 104 cm³/mol. The Labute approximate surface area is 172 Å². The van der Waals surface area contributed by atoms with Gasteiger partial charge in [-0.1, -0.05) is 24.3 Å². The zero-order valence-electron chi connectivity index (χ0n) is 16.5. The maximum atomic E-state index is 13.7. The Hall–Kier alpha value is -3.28. The molecule has 0 bridgehead atoms. The van der Waals surface area contributed by atoms with Gasteiger partial charge in [-0.05, 0) is 25.0 Å². The van der Waals surface area contributed by atoms with E-state index in [-0.39, 0.29) is 23.1 Å². The van der Waals surface area contributed by atoms with E-state index in [2.05, 4.69) is 0 Å². The highest BCUT2D eigenvalue weighted by Gasteiger charge is 2.86. The second-order valence-electron chi connectivity index (χ2n) is 8.61. The molecule has 0 aromatic heterocycles. The van der Waals surface area contributed by atoms with Crippen molar-refractivity contribution in [1.29, 1.82) is 0 Å². The average molecular weight is 402 g/mol. The maximum Gasteiger partial charge on any atom is 0.171 e. The van der Waals surface area contributed by atoms with Crippen LogP contribution in [-0.4, -0.2) is 37.4 Å². The van der Waals surface area contributed by atoms with Crippen molar-refractivity contribution in [3.8, 4) is 11.5 Å². The summed E-state index contributed by atoms with van der Waals surface area (Å²) in [5.74, 6) is -1.18. The Balaban J connectivity index is 1.53. The first kappa shape index (κ1) is 17.6. The first-order chi connectivity index (χ1) is 14.4. The molecule has 0 saturated heterocycles. The fourth-order valence-corrected chi connectivity index (χ4v) is 6.17. The van der Waals surface area contributed by atoms with E-state index >= 15 is 0 Å². The lowest BCUT2D eigenvalue weighted by Crippen LogP contribution is -2.44. The molecule has 2 aromatic carbocycles. The molecule has 6 rings (SSSR count). The molecule has 2 saturated carbocycles. The molecule has 0 spiro atoms. The van der Waals surface area contributed by atoms with Crippen molar-refractivity contribution in [1.82, 2.24) is 0 Å². The third kappa shape index (κ3) is 1.65. The van der Waals surface area contributed by atoms with Crippen LogP contribution in [0.15, 0.2) is 36.4 Å². The van der Waals surface area contributed by atoms with E-state index < -0.39 is 22.7 Å². The lowest BCUT2D eigenvalue weighted by atomic mass is 9.65. The summed E-state index contributed by atoms with van der Waals surface area (Å²) in [7, 11) is 2.93. The number of hydrogen-bond donors (Lipinski definition) is 0. The third-order valence-corrected chi connectivity index (χ3v) is 7.64. The number of Topliss-reactive ketones (excluding diaryl/α,β-unsaturated/α-hetero) is 4. The molecule has 0 aliphatic heterocycles. The largest absolute Gasteiger partial charge is 0.496 e.